The van der Waals surface area contributed by atoms with E-state index in [0.29, 0.717) is 12.1 Å². The van der Waals surface area contributed by atoms with E-state index in [1.165, 1.54) is 36.1 Å². The topological polar surface area (TPSA) is 15.3 Å². The number of hydrogen-bond acceptors (Lipinski definition) is 2. The number of para-hydroxylation sites is 1. The molecule has 2 unspecified atom stereocenters. The van der Waals surface area contributed by atoms with Crippen LogP contribution in [0.25, 0.3) is 0 Å². The molecule has 1 fully saturated rings. The highest BCUT2D eigenvalue weighted by Gasteiger charge is 2.25. The molecule has 2 atom stereocenters. The number of benzene rings is 1. The quantitative estimate of drug-likeness (QED) is 0.832. The van der Waals surface area contributed by atoms with Gasteiger partial charge in [0.15, 0.2) is 0 Å². The fourth-order valence-corrected chi connectivity index (χ4v) is 2.76. The van der Waals surface area contributed by atoms with E-state index >= 15 is 0 Å². The Balaban J connectivity index is 2.19. The van der Waals surface area contributed by atoms with Crippen molar-refractivity contribution < 1.29 is 0 Å². The van der Waals surface area contributed by atoms with E-state index in [1.807, 2.05) is 0 Å². The normalized spacial score (nSPS) is 25.9. The summed E-state index contributed by atoms with van der Waals surface area (Å²) in [6, 6.07) is 7.72. The summed E-state index contributed by atoms with van der Waals surface area (Å²) in [5.74, 6) is 0. The third kappa shape index (κ3) is 2.63. The minimum atomic E-state index is 0.623. The Morgan fingerprint density at radius 1 is 1.06 bits per heavy atom. The van der Waals surface area contributed by atoms with Gasteiger partial charge in [-0.2, -0.15) is 0 Å². The van der Waals surface area contributed by atoms with Gasteiger partial charge in [0.25, 0.3) is 0 Å². The largest absolute Gasteiger partial charge is 0.318 e. The zero-order valence-electron chi connectivity index (χ0n) is 11.5. The first-order valence-electron chi connectivity index (χ1n) is 6.71. The van der Waals surface area contributed by atoms with Gasteiger partial charge in [0.2, 0.25) is 0 Å². The molecule has 0 saturated carbocycles. The highest BCUT2D eigenvalue weighted by Crippen LogP contribution is 2.26. The van der Waals surface area contributed by atoms with Gasteiger partial charge in [-0.3, -0.25) is 0 Å². The fourth-order valence-electron chi connectivity index (χ4n) is 2.76. The van der Waals surface area contributed by atoms with Crippen molar-refractivity contribution in [1.82, 2.24) is 5.01 Å². The molecule has 2 heteroatoms. The molecule has 1 N–H and O–H groups in total. The Hall–Kier alpha value is -1.02. The van der Waals surface area contributed by atoms with Gasteiger partial charge in [-0.05, 0) is 51.7 Å². The molecular weight excluding hydrogens is 208 g/mol. The van der Waals surface area contributed by atoms with Gasteiger partial charge in [0, 0.05) is 12.1 Å². The van der Waals surface area contributed by atoms with Crippen molar-refractivity contribution in [3.05, 3.63) is 29.3 Å². The van der Waals surface area contributed by atoms with E-state index in [1.54, 1.807) is 0 Å². The van der Waals surface area contributed by atoms with Crippen molar-refractivity contribution >= 4 is 5.69 Å². The van der Waals surface area contributed by atoms with E-state index in [4.69, 9.17) is 0 Å². The molecule has 0 amide bonds. The predicted octanol–water partition coefficient (Wildman–Crippen LogP) is 3.89. The lowest BCUT2D eigenvalue weighted by Crippen LogP contribution is -2.47. The minimum Gasteiger partial charge on any atom is -0.318 e. The molecule has 17 heavy (non-hydrogen) atoms. The summed E-state index contributed by atoms with van der Waals surface area (Å²) in [5, 5.41) is 2.43. The fraction of sp³-hybridized carbons (Fsp3) is 0.600. The molecular formula is C15H24N2. The molecule has 1 aliphatic heterocycles. The number of hydrazine groups is 1. The Morgan fingerprint density at radius 3 is 2.12 bits per heavy atom. The lowest BCUT2D eigenvalue weighted by Gasteiger charge is -2.40. The third-order valence-corrected chi connectivity index (χ3v) is 3.92. The van der Waals surface area contributed by atoms with Crippen LogP contribution in [0.15, 0.2) is 18.2 Å². The monoisotopic (exact) mass is 232 g/mol. The van der Waals surface area contributed by atoms with Crippen LogP contribution in [0.3, 0.4) is 0 Å². The van der Waals surface area contributed by atoms with Gasteiger partial charge in [-0.25, -0.2) is 5.01 Å². The standard InChI is InChI=1S/C15H24N2/c1-11-7-5-8-12(2)15(11)16-17-13(3)9-6-10-14(17)4/h5,7-8,13-14,16H,6,9-10H2,1-4H3. The summed E-state index contributed by atoms with van der Waals surface area (Å²) >= 11 is 0. The summed E-state index contributed by atoms with van der Waals surface area (Å²) in [7, 11) is 0. The van der Waals surface area contributed by atoms with Crippen LogP contribution in [0.5, 0.6) is 0 Å². The highest BCUT2D eigenvalue weighted by molar-refractivity contribution is 5.56. The first-order valence-corrected chi connectivity index (χ1v) is 6.71. The van der Waals surface area contributed by atoms with Crippen LogP contribution in [0.4, 0.5) is 5.69 Å². The predicted molar refractivity (Wildman–Crippen MR) is 74.2 cm³/mol. The Bertz CT molecular complexity index is 356. The van der Waals surface area contributed by atoms with Crippen LogP contribution in [-0.2, 0) is 0 Å². The van der Waals surface area contributed by atoms with E-state index in [9.17, 15) is 0 Å². The molecule has 1 aromatic carbocycles. The molecule has 0 bridgehead atoms. The van der Waals surface area contributed by atoms with Crippen LogP contribution in [0.2, 0.25) is 0 Å². The van der Waals surface area contributed by atoms with Gasteiger partial charge in [-0.15, -0.1) is 0 Å². The summed E-state index contributed by atoms with van der Waals surface area (Å²) in [6.07, 6.45) is 3.94. The molecule has 0 spiro atoms. The Kier molecular flexibility index (Phi) is 3.72. The van der Waals surface area contributed by atoms with Gasteiger partial charge in [0.05, 0.1) is 5.69 Å². The van der Waals surface area contributed by atoms with Crippen molar-refractivity contribution in [2.45, 2.75) is 59.0 Å². The summed E-state index contributed by atoms with van der Waals surface area (Å²) < 4.78 is 0. The Labute approximate surface area is 105 Å². The number of nitrogens with one attached hydrogen (secondary N) is 1. The summed E-state index contributed by atoms with van der Waals surface area (Å²) in [4.78, 5) is 0. The number of aryl methyl sites for hydroxylation is 2. The van der Waals surface area contributed by atoms with E-state index in [0.717, 1.165) is 0 Å². The van der Waals surface area contributed by atoms with Gasteiger partial charge < -0.3 is 5.43 Å². The maximum atomic E-state index is 3.65. The minimum absolute atomic E-state index is 0.623. The van der Waals surface area contributed by atoms with E-state index < -0.39 is 0 Å². The van der Waals surface area contributed by atoms with Crippen LogP contribution in [-0.4, -0.2) is 17.1 Å². The van der Waals surface area contributed by atoms with Crippen LogP contribution in [0.1, 0.15) is 44.2 Å². The van der Waals surface area contributed by atoms with Crippen molar-refractivity contribution in [3.8, 4) is 0 Å². The second kappa shape index (κ2) is 5.09. The Morgan fingerprint density at radius 2 is 1.59 bits per heavy atom. The third-order valence-electron chi connectivity index (χ3n) is 3.92. The highest BCUT2D eigenvalue weighted by atomic mass is 15.5. The molecule has 0 aliphatic carbocycles. The van der Waals surface area contributed by atoms with Gasteiger partial charge >= 0.3 is 0 Å². The average Bonchev–Trinajstić information content (AvgIpc) is 2.27. The molecule has 1 aliphatic rings. The van der Waals surface area contributed by atoms with Crippen molar-refractivity contribution in [3.63, 3.8) is 0 Å². The maximum Gasteiger partial charge on any atom is 0.0548 e. The van der Waals surface area contributed by atoms with Crippen LogP contribution in [0, 0.1) is 13.8 Å². The van der Waals surface area contributed by atoms with Gasteiger partial charge in [0.1, 0.15) is 0 Å². The average molecular weight is 232 g/mol. The number of rotatable bonds is 2. The second-order valence-electron chi connectivity index (χ2n) is 5.41. The van der Waals surface area contributed by atoms with Crippen LogP contribution < -0.4 is 5.43 Å². The summed E-state index contributed by atoms with van der Waals surface area (Å²) in [6.45, 7) is 8.98. The molecule has 0 radical (unpaired) electrons. The zero-order valence-corrected chi connectivity index (χ0v) is 11.5. The van der Waals surface area contributed by atoms with Crippen LogP contribution >= 0.6 is 0 Å². The van der Waals surface area contributed by atoms with E-state index in [2.05, 4.69) is 56.3 Å². The van der Waals surface area contributed by atoms with Gasteiger partial charge in [-0.1, -0.05) is 24.6 Å². The molecule has 1 aromatic rings. The second-order valence-corrected chi connectivity index (χ2v) is 5.41. The molecule has 2 nitrogen and oxygen atoms in total. The first kappa shape index (κ1) is 12.4. The number of hydrogen-bond donors (Lipinski definition) is 1. The maximum absolute atomic E-state index is 3.65. The van der Waals surface area contributed by atoms with Crippen molar-refractivity contribution in [1.29, 1.82) is 0 Å². The molecule has 0 aromatic heterocycles. The number of anilines is 1. The lowest BCUT2D eigenvalue weighted by atomic mass is 9.99. The molecule has 2 rings (SSSR count). The molecule has 1 saturated heterocycles. The zero-order chi connectivity index (χ0) is 12.4. The number of nitrogens with zero attached hydrogens (tertiary/aromatic N) is 1. The SMILES string of the molecule is Cc1cccc(C)c1NN1C(C)CCCC1C. The van der Waals surface area contributed by atoms with Crippen molar-refractivity contribution in [2.75, 3.05) is 5.43 Å². The lowest BCUT2D eigenvalue weighted by molar-refractivity contribution is 0.135. The first-order chi connectivity index (χ1) is 8.09. The molecule has 1 heterocycles. The summed E-state index contributed by atoms with van der Waals surface area (Å²) in [5.41, 5.74) is 7.59. The molecule has 94 valence electrons. The number of piperidine rings is 1. The van der Waals surface area contributed by atoms with E-state index in [-0.39, 0.29) is 0 Å². The van der Waals surface area contributed by atoms with Crippen molar-refractivity contribution in [2.24, 2.45) is 0 Å². The smallest absolute Gasteiger partial charge is 0.0548 e.